The molecule has 2 heterocycles. The van der Waals surface area contributed by atoms with Crippen molar-refractivity contribution in [3.63, 3.8) is 0 Å². The highest BCUT2D eigenvalue weighted by Gasteiger charge is 2.08. The van der Waals surface area contributed by atoms with Gasteiger partial charge in [0.1, 0.15) is 0 Å². The molecule has 152 valence electrons. The van der Waals surface area contributed by atoms with Gasteiger partial charge in [-0.05, 0) is 52.2 Å². The normalized spacial score (nSPS) is 12.6. The molecule has 0 aliphatic heterocycles. The number of nitrogens with zero attached hydrogens (tertiary/aromatic N) is 5. The summed E-state index contributed by atoms with van der Waals surface area (Å²) in [4.78, 5) is 4.30. The Morgan fingerprint density at radius 3 is 2.15 bits per heavy atom. The van der Waals surface area contributed by atoms with Crippen LogP contribution in [0.2, 0.25) is 0 Å². The van der Waals surface area contributed by atoms with Gasteiger partial charge in [-0.15, -0.1) is 24.0 Å². The van der Waals surface area contributed by atoms with Crippen LogP contribution < -0.4 is 10.6 Å². The minimum Gasteiger partial charge on any atom is -0.356 e. The molecule has 27 heavy (non-hydrogen) atoms. The fourth-order valence-electron chi connectivity index (χ4n) is 3.05. The second kappa shape index (κ2) is 11.3. The minimum absolute atomic E-state index is 0. The van der Waals surface area contributed by atoms with E-state index in [2.05, 4.69) is 68.1 Å². The number of halogens is 1. The van der Waals surface area contributed by atoms with Crippen LogP contribution in [-0.4, -0.2) is 45.7 Å². The highest BCUT2D eigenvalue weighted by Crippen LogP contribution is 2.06. The predicted octanol–water partition coefficient (Wildman–Crippen LogP) is 2.82. The Hall–Kier alpha value is -1.58. The molecular formula is C19H34IN7. The highest BCUT2D eigenvalue weighted by molar-refractivity contribution is 14.0. The van der Waals surface area contributed by atoms with E-state index in [0.29, 0.717) is 5.92 Å². The first-order valence-corrected chi connectivity index (χ1v) is 9.35. The van der Waals surface area contributed by atoms with Gasteiger partial charge in [0.2, 0.25) is 0 Å². The SMILES string of the molecule is CN=C(NCCCn1nc(C)cc1C)NCC(C)Cn1nc(C)cc1C.I. The van der Waals surface area contributed by atoms with Gasteiger partial charge in [0.25, 0.3) is 0 Å². The van der Waals surface area contributed by atoms with Crippen molar-refractivity contribution in [2.24, 2.45) is 10.9 Å². The molecule has 0 radical (unpaired) electrons. The van der Waals surface area contributed by atoms with Crippen LogP contribution in [0.15, 0.2) is 17.1 Å². The van der Waals surface area contributed by atoms with Gasteiger partial charge in [-0.3, -0.25) is 14.4 Å². The van der Waals surface area contributed by atoms with Crippen molar-refractivity contribution in [2.45, 2.75) is 54.1 Å². The summed E-state index contributed by atoms with van der Waals surface area (Å²) in [5.41, 5.74) is 4.57. The van der Waals surface area contributed by atoms with Crippen LogP contribution in [0.1, 0.15) is 36.1 Å². The second-order valence-electron chi connectivity index (χ2n) is 7.10. The Morgan fingerprint density at radius 2 is 1.63 bits per heavy atom. The Morgan fingerprint density at radius 1 is 1.04 bits per heavy atom. The van der Waals surface area contributed by atoms with Gasteiger partial charge >= 0.3 is 0 Å². The van der Waals surface area contributed by atoms with Crippen molar-refractivity contribution in [1.29, 1.82) is 0 Å². The Balaban J connectivity index is 0.00000364. The Labute approximate surface area is 180 Å². The maximum Gasteiger partial charge on any atom is 0.190 e. The van der Waals surface area contributed by atoms with Gasteiger partial charge < -0.3 is 10.6 Å². The van der Waals surface area contributed by atoms with Crippen LogP contribution in [0.25, 0.3) is 0 Å². The molecule has 2 N–H and O–H groups in total. The van der Waals surface area contributed by atoms with Crippen LogP contribution >= 0.6 is 24.0 Å². The first-order valence-electron chi connectivity index (χ1n) is 9.35. The lowest BCUT2D eigenvalue weighted by molar-refractivity contribution is 0.435. The average molecular weight is 487 g/mol. The van der Waals surface area contributed by atoms with E-state index in [9.17, 15) is 0 Å². The molecule has 0 amide bonds. The molecule has 8 heteroatoms. The molecule has 2 aromatic heterocycles. The van der Waals surface area contributed by atoms with Crippen molar-refractivity contribution < 1.29 is 0 Å². The summed E-state index contributed by atoms with van der Waals surface area (Å²) in [6.07, 6.45) is 1.00. The summed E-state index contributed by atoms with van der Waals surface area (Å²) in [5.74, 6) is 1.31. The number of aromatic nitrogens is 4. The average Bonchev–Trinajstić information content (AvgIpc) is 3.07. The van der Waals surface area contributed by atoms with Gasteiger partial charge in [0, 0.05) is 44.6 Å². The van der Waals surface area contributed by atoms with Crippen LogP contribution in [0.5, 0.6) is 0 Å². The molecule has 0 bridgehead atoms. The standard InChI is InChI=1S/C19H33N7.HI/c1-14(13-26-18(5)11-16(3)24-26)12-22-19(20-6)21-8-7-9-25-17(4)10-15(2)23-25;/h10-11,14H,7-9,12-13H2,1-6H3,(H2,20,21,22);1H. The zero-order valence-corrected chi connectivity index (χ0v) is 19.7. The molecule has 2 rings (SSSR count). The summed E-state index contributed by atoms with van der Waals surface area (Å²) in [5, 5.41) is 15.8. The number of guanidine groups is 1. The van der Waals surface area contributed by atoms with E-state index in [4.69, 9.17) is 0 Å². The Kier molecular flexibility index (Phi) is 9.82. The van der Waals surface area contributed by atoms with E-state index in [1.54, 1.807) is 0 Å². The number of hydrogen-bond donors (Lipinski definition) is 2. The van der Waals surface area contributed by atoms with Crippen molar-refractivity contribution in [1.82, 2.24) is 30.2 Å². The van der Waals surface area contributed by atoms with Gasteiger partial charge in [0.05, 0.1) is 11.4 Å². The largest absolute Gasteiger partial charge is 0.356 e. The summed E-state index contributed by atoms with van der Waals surface area (Å²) < 4.78 is 4.13. The topological polar surface area (TPSA) is 72.1 Å². The van der Waals surface area contributed by atoms with Crippen LogP contribution in [0, 0.1) is 33.6 Å². The first kappa shape index (κ1) is 23.5. The molecule has 0 saturated carbocycles. The van der Waals surface area contributed by atoms with E-state index in [1.165, 1.54) is 11.4 Å². The smallest absolute Gasteiger partial charge is 0.190 e. The number of nitrogens with one attached hydrogen (secondary N) is 2. The zero-order valence-electron chi connectivity index (χ0n) is 17.4. The third kappa shape index (κ3) is 7.51. The van der Waals surface area contributed by atoms with Gasteiger partial charge in [0.15, 0.2) is 5.96 Å². The molecule has 0 aliphatic rings. The lowest BCUT2D eigenvalue weighted by Crippen LogP contribution is -2.40. The molecule has 0 saturated heterocycles. The quantitative estimate of drug-likeness (QED) is 0.260. The summed E-state index contributed by atoms with van der Waals surface area (Å²) in [6.45, 7) is 14.0. The molecule has 2 aromatic rings. The van der Waals surface area contributed by atoms with E-state index < -0.39 is 0 Å². The van der Waals surface area contributed by atoms with E-state index in [-0.39, 0.29) is 24.0 Å². The number of hydrogen-bond acceptors (Lipinski definition) is 3. The van der Waals surface area contributed by atoms with Crippen LogP contribution in [0.3, 0.4) is 0 Å². The van der Waals surface area contributed by atoms with Crippen LogP contribution in [-0.2, 0) is 13.1 Å². The third-order valence-corrected chi connectivity index (χ3v) is 4.37. The second-order valence-corrected chi connectivity index (χ2v) is 7.10. The predicted molar refractivity (Wildman–Crippen MR) is 122 cm³/mol. The van der Waals surface area contributed by atoms with Crippen molar-refractivity contribution in [3.8, 4) is 0 Å². The van der Waals surface area contributed by atoms with Gasteiger partial charge in [-0.1, -0.05) is 6.92 Å². The van der Waals surface area contributed by atoms with Gasteiger partial charge in [-0.25, -0.2) is 0 Å². The molecule has 1 unspecified atom stereocenters. The molecule has 0 spiro atoms. The van der Waals surface area contributed by atoms with Crippen molar-refractivity contribution in [2.75, 3.05) is 20.1 Å². The lowest BCUT2D eigenvalue weighted by Gasteiger charge is -2.17. The maximum atomic E-state index is 4.53. The minimum atomic E-state index is 0. The first-order chi connectivity index (χ1) is 12.4. The molecule has 0 fully saturated rings. The third-order valence-electron chi connectivity index (χ3n) is 4.37. The fourth-order valence-corrected chi connectivity index (χ4v) is 3.05. The monoisotopic (exact) mass is 487 g/mol. The number of aryl methyl sites for hydroxylation is 5. The highest BCUT2D eigenvalue weighted by atomic mass is 127. The zero-order chi connectivity index (χ0) is 19.1. The summed E-state index contributed by atoms with van der Waals surface area (Å²) in [6, 6.07) is 4.22. The van der Waals surface area contributed by atoms with E-state index in [1.807, 2.05) is 20.9 Å². The molecule has 0 aromatic carbocycles. The number of aliphatic imine (C=N–C) groups is 1. The Bertz CT molecular complexity index is 732. The summed E-state index contributed by atoms with van der Waals surface area (Å²) in [7, 11) is 1.81. The van der Waals surface area contributed by atoms with Crippen molar-refractivity contribution >= 4 is 29.9 Å². The molecule has 7 nitrogen and oxygen atoms in total. The molecule has 0 aliphatic carbocycles. The molecule has 1 atom stereocenters. The number of rotatable bonds is 8. The van der Waals surface area contributed by atoms with Crippen molar-refractivity contribution in [3.05, 3.63) is 34.9 Å². The maximum absolute atomic E-state index is 4.53. The van der Waals surface area contributed by atoms with E-state index in [0.717, 1.165) is 49.9 Å². The molecular weight excluding hydrogens is 453 g/mol. The van der Waals surface area contributed by atoms with Gasteiger partial charge in [-0.2, -0.15) is 10.2 Å². The lowest BCUT2D eigenvalue weighted by atomic mass is 10.2. The van der Waals surface area contributed by atoms with Crippen LogP contribution in [0.4, 0.5) is 0 Å². The summed E-state index contributed by atoms with van der Waals surface area (Å²) >= 11 is 0. The fraction of sp³-hybridized carbons (Fsp3) is 0.632. The van der Waals surface area contributed by atoms with E-state index >= 15 is 0 Å².